The summed E-state index contributed by atoms with van der Waals surface area (Å²) in [5.74, 6) is 1.55. The van der Waals surface area contributed by atoms with Crippen LogP contribution in [0.4, 0.5) is 5.82 Å². The van der Waals surface area contributed by atoms with Crippen LogP contribution in [0.25, 0.3) is 22.3 Å². The summed E-state index contributed by atoms with van der Waals surface area (Å²) < 4.78 is 12.2. The number of carbonyl (C=O) groups excluding carboxylic acids is 1. The first-order chi connectivity index (χ1) is 14.7. The Kier molecular flexibility index (Phi) is 5.06. The number of ether oxygens (including phenoxy) is 2. The van der Waals surface area contributed by atoms with E-state index in [1.165, 1.54) is 6.92 Å². The van der Waals surface area contributed by atoms with Crippen LogP contribution in [0.5, 0.6) is 0 Å². The van der Waals surface area contributed by atoms with E-state index in [0.717, 1.165) is 22.3 Å². The van der Waals surface area contributed by atoms with E-state index in [1.807, 2.05) is 48.5 Å². The third-order valence-corrected chi connectivity index (χ3v) is 5.56. The minimum atomic E-state index is -0.105. The maximum Gasteiger partial charge on any atom is 0.217 e. The lowest BCUT2D eigenvalue weighted by Gasteiger charge is -2.21. The van der Waals surface area contributed by atoms with Gasteiger partial charge in [0.1, 0.15) is 18.0 Å². The molecule has 30 heavy (non-hydrogen) atoms. The van der Waals surface area contributed by atoms with Crippen LogP contribution in [0, 0.1) is 0 Å². The Morgan fingerprint density at radius 1 is 0.967 bits per heavy atom. The molecule has 2 fully saturated rings. The van der Waals surface area contributed by atoms with E-state index < -0.39 is 0 Å². The highest BCUT2D eigenvalue weighted by Crippen LogP contribution is 2.31. The van der Waals surface area contributed by atoms with Crippen molar-refractivity contribution in [2.75, 3.05) is 31.2 Å². The molecule has 154 valence electrons. The Morgan fingerprint density at radius 2 is 1.63 bits per heavy atom. The molecular weight excluding hydrogens is 380 g/mol. The molecule has 0 saturated carbocycles. The molecule has 0 radical (unpaired) electrons. The van der Waals surface area contributed by atoms with Crippen molar-refractivity contribution in [3.05, 3.63) is 54.6 Å². The van der Waals surface area contributed by atoms with Crippen molar-refractivity contribution in [2.45, 2.75) is 25.2 Å². The van der Waals surface area contributed by atoms with Crippen LogP contribution in [0.15, 0.2) is 54.6 Å². The van der Waals surface area contributed by atoms with Gasteiger partial charge < -0.3 is 19.7 Å². The van der Waals surface area contributed by atoms with Crippen LogP contribution in [-0.4, -0.2) is 60.4 Å². The molecule has 7 nitrogen and oxygen atoms in total. The Bertz CT molecular complexity index is 1040. The first-order valence-electron chi connectivity index (χ1n) is 10.2. The topological polar surface area (TPSA) is 76.6 Å². The van der Waals surface area contributed by atoms with Crippen molar-refractivity contribution in [2.24, 2.45) is 0 Å². The van der Waals surface area contributed by atoms with Gasteiger partial charge in [-0.1, -0.05) is 42.5 Å². The van der Waals surface area contributed by atoms with E-state index in [2.05, 4.69) is 16.3 Å². The molecule has 2 aliphatic heterocycles. The molecule has 1 N–H and O–H groups in total. The fourth-order valence-electron chi connectivity index (χ4n) is 4.15. The molecule has 7 heteroatoms. The van der Waals surface area contributed by atoms with Crippen molar-refractivity contribution in [3.63, 3.8) is 0 Å². The third-order valence-electron chi connectivity index (χ3n) is 5.56. The molecule has 2 saturated heterocycles. The summed E-state index contributed by atoms with van der Waals surface area (Å²) in [5.41, 5.74) is 1.91. The van der Waals surface area contributed by atoms with Crippen LogP contribution in [-0.2, 0) is 14.3 Å². The molecule has 3 heterocycles. The van der Waals surface area contributed by atoms with Gasteiger partial charge in [0.25, 0.3) is 0 Å². The number of amides is 1. The molecule has 2 atom stereocenters. The molecule has 2 aromatic carbocycles. The lowest BCUT2D eigenvalue weighted by atomic mass is 10.2. The van der Waals surface area contributed by atoms with Gasteiger partial charge in [-0.05, 0) is 12.1 Å². The molecule has 3 aromatic rings. The maximum atomic E-state index is 11.3. The predicted molar refractivity (Wildman–Crippen MR) is 114 cm³/mol. The highest BCUT2D eigenvalue weighted by molar-refractivity contribution is 5.91. The fourth-order valence-corrected chi connectivity index (χ4v) is 4.15. The molecule has 5 rings (SSSR count). The van der Waals surface area contributed by atoms with Crippen molar-refractivity contribution in [1.29, 1.82) is 0 Å². The first-order valence-corrected chi connectivity index (χ1v) is 10.2. The van der Waals surface area contributed by atoms with Gasteiger partial charge in [-0.15, -0.1) is 0 Å². The minimum absolute atomic E-state index is 0.0577. The second-order valence-corrected chi connectivity index (χ2v) is 7.80. The number of rotatable bonds is 3. The van der Waals surface area contributed by atoms with Crippen LogP contribution in [0.2, 0.25) is 0 Å². The van der Waals surface area contributed by atoms with Gasteiger partial charge in [-0.3, -0.25) is 4.79 Å². The summed E-state index contributed by atoms with van der Waals surface area (Å²) in [4.78, 5) is 23.3. The Balaban J connectivity index is 1.44. The standard InChI is InChI=1S/C23H24N4O3/c1-15(28)24-17-13-29-20-11-27(12-21(20)30-14-17)23-18-9-5-6-10-19(18)25-22(26-23)16-7-3-2-4-8-16/h2-10,17,20-21H,11-14H2,1H3,(H,24,28)/t20-,21-/m0/s1. The SMILES string of the molecule is CC(=O)NC1CO[C@H]2CN(c3nc(-c4ccccc4)nc4ccccc34)C[C@@H]2OC1. The highest BCUT2D eigenvalue weighted by atomic mass is 16.6. The predicted octanol–water partition coefficient (Wildman–Crippen LogP) is 2.41. The number of hydrogen-bond acceptors (Lipinski definition) is 6. The van der Waals surface area contributed by atoms with Crippen LogP contribution >= 0.6 is 0 Å². The van der Waals surface area contributed by atoms with Crippen LogP contribution in [0.3, 0.4) is 0 Å². The average molecular weight is 404 g/mol. The van der Waals surface area contributed by atoms with Gasteiger partial charge in [0.05, 0.1) is 24.8 Å². The largest absolute Gasteiger partial charge is 0.371 e. The number of hydrogen-bond donors (Lipinski definition) is 1. The lowest BCUT2D eigenvalue weighted by molar-refractivity contribution is -0.120. The Hall–Kier alpha value is -3.03. The molecule has 0 aliphatic carbocycles. The van der Waals surface area contributed by atoms with Gasteiger partial charge in [0.15, 0.2) is 5.82 Å². The molecule has 1 aromatic heterocycles. The minimum Gasteiger partial charge on any atom is -0.371 e. The zero-order valence-corrected chi connectivity index (χ0v) is 16.8. The van der Waals surface area contributed by atoms with E-state index in [9.17, 15) is 4.79 Å². The Morgan fingerprint density at radius 3 is 2.33 bits per heavy atom. The number of para-hydroxylation sites is 1. The molecule has 0 spiro atoms. The lowest BCUT2D eigenvalue weighted by Crippen LogP contribution is -2.40. The smallest absolute Gasteiger partial charge is 0.217 e. The number of benzene rings is 2. The van der Waals surface area contributed by atoms with Gasteiger partial charge in [0, 0.05) is 31.0 Å². The number of fused-ring (bicyclic) bond motifs is 2. The van der Waals surface area contributed by atoms with Crippen molar-refractivity contribution in [1.82, 2.24) is 15.3 Å². The number of carbonyl (C=O) groups is 1. The van der Waals surface area contributed by atoms with E-state index in [0.29, 0.717) is 32.1 Å². The van der Waals surface area contributed by atoms with Crippen molar-refractivity contribution >= 4 is 22.6 Å². The summed E-state index contributed by atoms with van der Waals surface area (Å²) in [6.07, 6.45) is -0.115. The second-order valence-electron chi connectivity index (χ2n) is 7.80. The van der Waals surface area contributed by atoms with E-state index in [-0.39, 0.29) is 24.2 Å². The number of nitrogens with one attached hydrogen (secondary N) is 1. The number of nitrogens with zero attached hydrogens (tertiary/aromatic N) is 3. The molecular formula is C23H24N4O3. The van der Waals surface area contributed by atoms with E-state index >= 15 is 0 Å². The van der Waals surface area contributed by atoms with Gasteiger partial charge in [0.2, 0.25) is 5.91 Å². The quantitative estimate of drug-likeness (QED) is 0.723. The first kappa shape index (κ1) is 19.0. The zero-order chi connectivity index (χ0) is 20.5. The van der Waals surface area contributed by atoms with Crippen LogP contribution < -0.4 is 10.2 Å². The highest BCUT2D eigenvalue weighted by Gasteiger charge is 2.38. The van der Waals surface area contributed by atoms with Crippen molar-refractivity contribution in [3.8, 4) is 11.4 Å². The van der Waals surface area contributed by atoms with Gasteiger partial charge >= 0.3 is 0 Å². The summed E-state index contributed by atoms with van der Waals surface area (Å²) in [7, 11) is 0. The summed E-state index contributed by atoms with van der Waals surface area (Å²) in [6.45, 7) is 3.79. The number of aromatic nitrogens is 2. The molecule has 0 unspecified atom stereocenters. The van der Waals surface area contributed by atoms with Gasteiger partial charge in [-0.2, -0.15) is 0 Å². The maximum absolute atomic E-state index is 11.3. The molecule has 0 bridgehead atoms. The third kappa shape index (κ3) is 3.74. The summed E-state index contributed by atoms with van der Waals surface area (Å²) in [6, 6.07) is 18.0. The normalized spacial score (nSPS) is 22.0. The average Bonchev–Trinajstić information content (AvgIpc) is 3.09. The summed E-state index contributed by atoms with van der Waals surface area (Å²) >= 11 is 0. The fraction of sp³-hybridized carbons (Fsp3) is 0.348. The number of anilines is 1. The van der Waals surface area contributed by atoms with Gasteiger partial charge in [-0.25, -0.2) is 9.97 Å². The molecule has 1 amide bonds. The Labute approximate surface area is 175 Å². The van der Waals surface area contributed by atoms with E-state index in [1.54, 1.807) is 0 Å². The monoisotopic (exact) mass is 404 g/mol. The zero-order valence-electron chi connectivity index (χ0n) is 16.8. The van der Waals surface area contributed by atoms with Crippen molar-refractivity contribution < 1.29 is 14.3 Å². The van der Waals surface area contributed by atoms with Crippen LogP contribution in [0.1, 0.15) is 6.92 Å². The summed E-state index contributed by atoms with van der Waals surface area (Å²) in [5, 5.41) is 3.90. The van der Waals surface area contributed by atoms with E-state index in [4.69, 9.17) is 19.4 Å². The second kappa shape index (κ2) is 8.01. The molecule has 2 aliphatic rings.